The van der Waals surface area contributed by atoms with Gasteiger partial charge in [-0.1, -0.05) is 6.07 Å². The molecule has 0 atom stereocenters. The number of fused-ring (bicyclic) bond motifs is 1. The van der Waals surface area contributed by atoms with E-state index in [-0.39, 0.29) is 0 Å². The van der Waals surface area contributed by atoms with Gasteiger partial charge in [0.2, 0.25) is 0 Å². The average Bonchev–Trinajstić information content (AvgIpc) is 2.43. The number of carboxylic acids is 1. The van der Waals surface area contributed by atoms with Crippen LogP contribution >= 0.6 is 0 Å². The fourth-order valence-corrected chi connectivity index (χ4v) is 1.70. The number of aromatic nitrogens is 2. The van der Waals surface area contributed by atoms with Crippen molar-refractivity contribution in [2.75, 3.05) is 0 Å². The first-order chi connectivity index (χ1) is 6.61. The molecule has 4 nitrogen and oxygen atoms in total. The van der Waals surface area contributed by atoms with Gasteiger partial charge in [-0.3, -0.25) is 4.68 Å². The van der Waals surface area contributed by atoms with E-state index in [1.165, 1.54) is 0 Å². The van der Waals surface area contributed by atoms with E-state index in [1.54, 1.807) is 23.9 Å². The first-order valence-electron chi connectivity index (χ1n) is 4.27. The van der Waals surface area contributed by atoms with Crippen LogP contribution in [-0.2, 0) is 7.05 Å². The first kappa shape index (κ1) is 8.74. The topological polar surface area (TPSA) is 55.1 Å². The van der Waals surface area contributed by atoms with Gasteiger partial charge in [-0.2, -0.15) is 5.10 Å². The molecule has 14 heavy (non-hydrogen) atoms. The summed E-state index contributed by atoms with van der Waals surface area (Å²) < 4.78 is 1.69. The molecule has 4 heteroatoms. The van der Waals surface area contributed by atoms with Crippen molar-refractivity contribution in [3.8, 4) is 0 Å². The number of aryl methyl sites for hydroxylation is 2. The summed E-state index contributed by atoms with van der Waals surface area (Å²) in [6.07, 6.45) is 0. The Bertz CT molecular complexity index is 514. The normalized spacial score (nSPS) is 10.7. The van der Waals surface area contributed by atoms with Crippen LogP contribution < -0.4 is 0 Å². The largest absolute Gasteiger partial charge is 0.478 e. The molecule has 0 unspecified atom stereocenters. The Morgan fingerprint density at radius 2 is 2.21 bits per heavy atom. The van der Waals surface area contributed by atoms with Crippen LogP contribution in [0.4, 0.5) is 0 Å². The summed E-state index contributed by atoms with van der Waals surface area (Å²) in [5.74, 6) is -0.910. The fraction of sp³-hybridized carbons (Fsp3) is 0.200. The van der Waals surface area contributed by atoms with Gasteiger partial charge in [-0.05, 0) is 19.1 Å². The molecule has 0 aliphatic carbocycles. The number of hydrogen-bond acceptors (Lipinski definition) is 2. The number of rotatable bonds is 1. The Labute approximate surface area is 80.8 Å². The third-order valence-electron chi connectivity index (χ3n) is 2.28. The molecular weight excluding hydrogens is 180 g/mol. The molecule has 1 aromatic carbocycles. The van der Waals surface area contributed by atoms with Crippen molar-refractivity contribution in [2.24, 2.45) is 7.05 Å². The maximum Gasteiger partial charge on any atom is 0.336 e. The van der Waals surface area contributed by atoms with E-state index in [1.807, 2.05) is 13.0 Å². The lowest BCUT2D eigenvalue weighted by molar-refractivity contribution is 0.0699. The summed E-state index contributed by atoms with van der Waals surface area (Å²) in [7, 11) is 1.81. The van der Waals surface area contributed by atoms with E-state index in [0.29, 0.717) is 5.56 Å². The van der Waals surface area contributed by atoms with Gasteiger partial charge in [0, 0.05) is 12.4 Å². The Hall–Kier alpha value is -1.84. The zero-order chi connectivity index (χ0) is 10.3. The standard InChI is InChI=1S/C10H10N2O2/c1-6-9-7(10(13)14)4-3-5-8(9)12(2)11-6/h3-5H,1-2H3,(H,13,14). The maximum atomic E-state index is 10.9. The molecule has 0 bridgehead atoms. The molecule has 0 fully saturated rings. The number of hydrogen-bond donors (Lipinski definition) is 1. The summed E-state index contributed by atoms with van der Waals surface area (Å²) >= 11 is 0. The molecule has 0 radical (unpaired) electrons. The highest BCUT2D eigenvalue weighted by molar-refractivity contribution is 6.03. The average molecular weight is 190 g/mol. The lowest BCUT2D eigenvalue weighted by atomic mass is 10.1. The third kappa shape index (κ3) is 1.08. The van der Waals surface area contributed by atoms with Gasteiger partial charge >= 0.3 is 5.97 Å². The fourth-order valence-electron chi connectivity index (χ4n) is 1.70. The number of benzene rings is 1. The number of carboxylic acid groups (broad SMARTS) is 1. The van der Waals surface area contributed by atoms with Gasteiger partial charge in [0.25, 0.3) is 0 Å². The Morgan fingerprint density at radius 1 is 1.50 bits per heavy atom. The predicted molar refractivity (Wildman–Crippen MR) is 52.4 cm³/mol. The molecule has 0 saturated carbocycles. The molecule has 0 aliphatic heterocycles. The smallest absolute Gasteiger partial charge is 0.336 e. The second-order valence-corrected chi connectivity index (χ2v) is 3.21. The summed E-state index contributed by atoms with van der Waals surface area (Å²) in [6.45, 7) is 1.81. The lowest BCUT2D eigenvalue weighted by Gasteiger charge is -1.97. The van der Waals surface area contributed by atoms with Crippen LogP contribution in [0.1, 0.15) is 16.1 Å². The van der Waals surface area contributed by atoms with E-state index in [0.717, 1.165) is 16.6 Å². The molecule has 72 valence electrons. The van der Waals surface area contributed by atoms with E-state index < -0.39 is 5.97 Å². The maximum absolute atomic E-state index is 10.9. The molecule has 2 aromatic rings. The molecule has 1 N–H and O–H groups in total. The number of nitrogens with zero attached hydrogens (tertiary/aromatic N) is 2. The minimum atomic E-state index is -0.910. The van der Waals surface area contributed by atoms with E-state index >= 15 is 0 Å². The predicted octanol–water partition coefficient (Wildman–Crippen LogP) is 1.58. The Kier molecular flexibility index (Phi) is 1.77. The van der Waals surface area contributed by atoms with Gasteiger partial charge in [0.15, 0.2) is 0 Å². The molecule has 0 amide bonds. The molecule has 2 rings (SSSR count). The van der Waals surface area contributed by atoms with Crippen molar-refractivity contribution in [3.63, 3.8) is 0 Å². The minimum absolute atomic E-state index is 0.313. The highest BCUT2D eigenvalue weighted by Gasteiger charge is 2.13. The molecule has 0 aliphatic rings. The zero-order valence-electron chi connectivity index (χ0n) is 7.98. The SMILES string of the molecule is Cc1nn(C)c2cccc(C(=O)O)c12. The van der Waals surface area contributed by atoms with Crippen LogP contribution in [0.2, 0.25) is 0 Å². The first-order valence-corrected chi connectivity index (χ1v) is 4.27. The van der Waals surface area contributed by atoms with E-state index in [4.69, 9.17) is 5.11 Å². The second-order valence-electron chi connectivity index (χ2n) is 3.21. The van der Waals surface area contributed by atoms with Crippen molar-refractivity contribution >= 4 is 16.9 Å². The quantitative estimate of drug-likeness (QED) is 0.742. The Morgan fingerprint density at radius 3 is 2.86 bits per heavy atom. The molecular formula is C10H10N2O2. The molecule has 0 spiro atoms. The van der Waals surface area contributed by atoms with Crippen LogP contribution in [-0.4, -0.2) is 20.9 Å². The van der Waals surface area contributed by atoms with Crippen LogP contribution in [0, 0.1) is 6.92 Å². The number of carbonyl (C=O) groups is 1. The van der Waals surface area contributed by atoms with Crippen LogP contribution in [0.15, 0.2) is 18.2 Å². The van der Waals surface area contributed by atoms with Crippen molar-refractivity contribution in [1.82, 2.24) is 9.78 Å². The highest BCUT2D eigenvalue weighted by Crippen LogP contribution is 2.21. The van der Waals surface area contributed by atoms with E-state index in [2.05, 4.69) is 5.10 Å². The van der Waals surface area contributed by atoms with Gasteiger partial charge in [-0.15, -0.1) is 0 Å². The third-order valence-corrected chi connectivity index (χ3v) is 2.28. The summed E-state index contributed by atoms with van der Waals surface area (Å²) in [5, 5.41) is 13.9. The van der Waals surface area contributed by atoms with Crippen LogP contribution in [0.3, 0.4) is 0 Å². The van der Waals surface area contributed by atoms with Crippen molar-refractivity contribution < 1.29 is 9.90 Å². The van der Waals surface area contributed by atoms with Gasteiger partial charge < -0.3 is 5.11 Å². The molecule has 1 aromatic heterocycles. The summed E-state index contributed by atoms with van der Waals surface area (Å²) in [4.78, 5) is 10.9. The zero-order valence-corrected chi connectivity index (χ0v) is 7.98. The monoisotopic (exact) mass is 190 g/mol. The van der Waals surface area contributed by atoms with Crippen LogP contribution in [0.5, 0.6) is 0 Å². The summed E-state index contributed by atoms with van der Waals surface area (Å²) in [5.41, 5.74) is 1.91. The van der Waals surface area contributed by atoms with Crippen molar-refractivity contribution in [1.29, 1.82) is 0 Å². The minimum Gasteiger partial charge on any atom is -0.478 e. The summed E-state index contributed by atoms with van der Waals surface area (Å²) in [6, 6.07) is 5.19. The Balaban J connectivity index is 2.92. The lowest BCUT2D eigenvalue weighted by Crippen LogP contribution is -1.97. The molecule has 1 heterocycles. The second kappa shape index (κ2) is 2.83. The van der Waals surface area contributed by atoms with E-state index in [9.17, 15) is 4.79 Å². The van der Waals surface area contributed by atoms with Gasteiger partial charge in [-0.25, -0.2) is 4.79 Å². The number of aromatic carboxylic acids is 1. The van der Waals surface area contributed by atoms with Crippen molar-refractivity contribution in [2.45, 2.75) is 6.92 Å². The van der Waals surface area contributed by atoms with Gasteiger partial charge in [0.05, 0.1) is 16.8 Å². The molecule has 0 saturated heterocycles. The van der Waals surface area contributed by atoms with Gasteiger partial charge in [0.1, 0.15) is 0 Å². The highest BCUT2D eigenvalue weighted by atomic mass is 16.4. The van der Waals surface area contributed by atoms with Crippen molar-refractivity contribution in [3.05, 3.63) is 29.5 Å². The van der Waals surface area contributed by atoms with Crippen LogP contribution in [0.25, 0.3) is 10.9 Å².